The van der Waals surface area contributed by atoms with Crippen LogP contribution in [-0.2, 0) is 9.47 Å². The first-order chi connectivity index (χ1) is 12.9. The summed E-state index contributed by atoms with van der Waals surface area (Å²) >= 11 is 0. The fraction of sp³-hybridized carbons (Fsp3) is 0.286. The van der Waals surface area contributed by atoms with Crippen LogP contribution in [0.25, 0.3) is 22.2 Å². The Morgan fingerprint density at radius 3 is 2.38 bits per heavy atom. The van der Waals surface area contributed by atoms with E-state index in [1.165, 1.54) is 0 Å². The molecule has 0 bridgehead atoms. The zero-order chi connectivity index (χ0) is 18.0. The third-order valence-electron chi connectivity index (χ3n) is 3.95. The summed E-state index contributed by atoms with van der Waals surface area (Å²) in [7, 11) is 0. The van der Waals surface area contributed by atoms with Crippen LogP contribution in [0.15, 0.2) is 60.7 Å². The number of hydrogen-bond donors (Lipinski definition) is 1. The highest BCUT2D eigenvalue weighted by Crippen LogP contribution is 2.22. The number of fused-ring (bicyclic) bond motifs is 1. The van der Waals surface area contributed by atoms with Gasteiger partial charge in [-0.15, -0.1) is 0 Å². The smallest absolute Gasteiger partial charge is 0.113 e. The average Bonchev–Trinajstić information content (AvgIpc) is 2.70. The molecule has 0 aliphatic heterocycles. The van der Waals surface area contributed by atoms with Gasteiger partial charge in [0.1, 0.15) is 6.67 Å². The number of nitrogens with one attached hydrogen (secondary N) is 1. The summed E-state index contributed by atoms with van der Waals surface area (Å²) in [4.78, 5) is 4.72. The van der Waals surface area contributed by atoms with Gasteiger partial charge in [-0.05, 0) is 24.3 Å². The van der Waals surface area contributed by atoms with Gasteiger partial charge in [-0.2, -0.15) is 0 Å². The molecule has 0 fully saturated rings. The molecule has 2 aromatic carbocycles. The largest absolute Gasteiger partial charge is 0.383 e. The molecule has 1 aromatic heterocycles. The van der Waals surface area contributed by atoms with Crippen LogP contribution in [0.4, 0.5) is 10.1 Å². The number of rotatable bonds is 10. The van der Waals surface area contributed by atoms with Crippen molar-refractivity contribution in [3.8, 4) is 11.3 Å². The average molecular weight is 353 g/mol. The molecule has 26 heavy (non-hydrogen) atoms. The summed E-state index contributed by atoms with van der Waals surface area (Å²) in [5.74, 6) is 0. The minimum absolute atomic E-state index is 0.139. The number of benzene rings is 2. The summed E-state index contributed by atoms with van der Waals surface area (Å²) in [5, 5.41) is 4.45. The number of para-hydroxylation sites is 1. The van der Waals surface area contributed by atoms with Crippen LogP contribution in [0, 0.1) is 0 Å². The first kappa shape index (κ1) is 18.3. The van der Waals surface area contributed by atoms with Crippen LogP contribution in [0.3, 0.4) is 0 Å². The standard InChI is InChI=1S/C21H23FN2O2/c22-11-13-25-15-16-26-14-12-23-19-8-5-18(6-9-19)21-10-7-17-3-1-2-4-20(17)24-21/h1-10,23H,11-16H2/i22-1. The van der Waals surface area contributed by atoms with Crippen LogP contribution in [0.1, 0.15) is 0 Å². The monoisotopic (exact) mass is 353 g/mol. The number of anilines is 1. The van der Waals surface area contributed by atoms with Crippen LogP contribution >= 0.6 is 0 Å². The number of hydrogen-bond acceptors (Lipinski definition) is 4. The SMILES string of the molecule is [18F]CCOCCOCCNc1ccc(-c2ccc3ccccc3n2)cc1. The van der Waals surface area contributed by atoms with E-state index in [2.05, 4.69) is 29.6 Å². The molecule has 0 unspecified atom stereocenters. The van der Waals surface area contributed by atoms with Crippen LogP contribution in [-0.4, -0.2) is 44.6 Å². The van der Waals surface area contributed by atoms with Crippen molar-refractivity contribution in [1.82, 2.24) is 4.98 Å². The van der Waals surface area contributed by atoms with Crippen molar-refractivity contribution < 1.29 is 13.9 Å². The lowest BCUT2D eigenvalue weighted by Crippen LogP contribution is -2.13. The Bertz CT molecular complexity index is 808. The van der Waals surface area contributed by atoms with Crippen LogP contribution in [0.2, 0.25) is 0 Å². The second-order valence-electron chi connectivity index (χ2n) is 5.81. The first-order valence-electron chi connectivity index (χ1n) is 8.78. The number of halogens is 1. The predicted molar refractivity (Wildman–Crippen MR) is 103 cm³/mol. The van der Waals surface area contributed by atoms with E-state index >= 15 is 0 Å². The van der Waals surface area contributed by atoms with E-state index < -0.39 is 6.67 Å². The minimum Gasteiger partial charge on any atom is -0.383 e. The molecule has 3 rings (SSSR count). The molecule has 0 saturated carbocycles. The lowest BCUT2D eigenvalue weighted by Gasteiger charge is -2.09. The van der Waals surface area contributed by atoms with Gasteiger partial charge in [-0.1, -0.05) is 36.4 Å². The Kier molecular flexibility index (Phi) is 6.93. The molecule has 0 saturated heterocycles. The van der Waals surface area contributed by atoms with Gasteiger partial charge < -0.3 is 14.8 Å². The maximum Gasteiger partial charge on any atom is 0.113 e. The van der Waals surface area contributed by atoms with Gasteiger partial charge in [0, 0.05) is 23.2 Å². The molecule has 0 amide bonds. The highest BCUT2D eigenvalue weighted by molar-refractivity contribution is 5.81. The van der Waals surface area contributed by atoms with E-state index in [9.17, 15) is 4.39 Å². The van der Waals surface area contributed by atoms with Gasteiger partial charge in [-0.3, -0.25) is 0 Å². The van der Waals surface area contributed by atoms with Crippen molar-refractivity contribution in [2.24, 2.45) is 0 Å². The zero-order valence-corrected chi connectivity index (χ0v) is 14.7. The fourth-order valence-electron chi connectivity index (χ4n) is 2.63. The van der Waals surface area contributed by atoms with Gasteiger partial charge in [0.05, 0.1) is 37.6 Å². The minimum atomic E-state index is -0.452. The van der Waals surface area contributed by atoms with E-state index in [-0.39, 0.29) is 6.61 Å². The summed E-state index contributed by atoms with van der Waals surface area (Å²) in [6.45, 7) is 1.88. The lowest BCUT2D eigenvalue weighted by atomic mass is 10.1. The molecule has 0 atom stereocenters. The Balaban J connectivity index is 1.47. The predicted octanol–water partition coefficient (Wildman–Crippen LogP) is 4.32. The third-order valence-corrected chi connectivity index (χ3v) is 3.95. The topological polar surface area (TPSA) is 43.4 Å². The lowest BCUT2D eigenvalue weighted by molar-refractivity contribution is 0.0464. The number of pyridine rings is 1. The Labute approximate surface area is 153 Å². The third kappa shape index (κ3) is 5.25. The quantitative estimate of drug-likeness (QED) is 0.552. The van der Waals surface area contributed by atoms with Crippen molar-refractivity contribution in [3.63, 3.8) is 0 Å². The van der Waals surface area contributed by atoms with E-state index in [0.29, 0.717) is 26.4 Å². The number of alkyl halides is 1. The molecule has 0 radical (unpaired) electrons. The highest BCUT2D eigenvalue weighted by atomic mass is 18.2. The number of nitrogens with zero attached hydrogens (tertiary/aromatic N) is 1. The maximum atomic E-state index is 11.8. The van der Waals surface area contributed by atoms with Crippen molar-refractivity contribution in [2.75, 3.05) is 45.0 Å². The van der Waals surface area contributed by atoms with E-state index in [4.69, 9.17) is 14.5 Å². The van der Waals surface area contributed by atoms with Crippen LogP contribution in [0.5, 0.6) is 0 Å². The molecule has 4 nitrogen and oxygen atoms in total. The second kappa shape index (κ2) is 9.85. The molecule has 0 aliphatic carbocycles. The molecular formula is C21H23FN2O2. The summed E-state index contributed by atoms with van der Waals surface area (Å²) in [5.41, 5.74) is 4.08. The summed E-state index contributed by atoms with van der Waals surface area (Å²) in [6.07, 6.45) is 0. The molecular weight excluding hydrogens is 330 g/mol. The van der Waals surface area contributed by atoms with E-state index in [1.54, 1.807) is 0 Å². The molecule has 1 heterocycles. The normalized spacial score (nSPS) is 11.0. The van der Waals surface area contributed by atoms with Crippen molar-refractivity contribution in [1.29, 1.82) is 0 Å². The Morgan fingerprint density at radius 2 is 1.58 bits per heavy atom. The Hall–Kier alpha value is -2.50. The summed E-state index contributed by atoms with van der Waals surface area (Å²) in [6, 6.07) is 20.4. The van der Waals surface area contributed by atoms with Crippen molar-refractivity contribution >= 4 is 16.6 Å². The molecule has 5 heteroatoms. The Morgan fingerprint density at radius 1 is 0.808 bits per heavy atom. The highest BCUT2D eigenvalue weighted by Gasteiger charge is 2.01. The maximum absolute atomic E-state index is 11.8. The van der Waals surface area contributed by atoms with E-state index in [0.717, 1.165) is 27.8 Å². The zero-order valence-electron chi connectivity index (χ0n) is 14.7. The molecule has 3 aromatic rings. The van der Waals surface area contributed by atoms with Crippen LogP contribution < -0.4 is 5.32 Å². The second-order valence-corrected chi connectivity index (χ2v) is 5.81. The molecule has 0 aliphatic rings. The van der Waals surface area contributed by atoms with Gasteiger partial charge in [0.25, 0.3) is 0 Å². The molecule has 1 N–H and O–H groups in total. The van der Waals surface area contributed by atoms with Crippen molar-refractivity contribution in [2.45, 2.75) is 0 Å². The first-order valence-corrected chi connectivity index (χ1v) is 8.78. The van der Waals surface area contributed by atoms with Crippen molar-refractivity contribution in [3.05, 3.63) is 60.7 Å². The van der Waals surface area contributed by atoms with E-state index in [1.807, 2.05) is 36.4 Å². The van der Waals surface area contributed by atoms with Gasteiger partial charge in [0.15, 0.2) is 0 Å². The summed E-state index contributed by atoms with van der Waals surface area (Å²) < 4.78 is 22.3. The fourth-order valence-corrected chi connectivity index (χ4v) is 2.63. The molecule has 0 spiro atoms. The van der Waals surface area contributed by atoms with Gasteiger partial charge in [-0.25, -0.2) is 9.37 Å². The van der Waals surface area contributed by atoms with Gasteiger partial charge in [0.2, 0.25) is 0 Å². The number of ether oxygens (including phenoxy) is 2. The van der Waals surface area contributed by atoms with Gasteiger partial charge >= 0.3 is 0 Å². The number of aromatic nitrogens is 1. The molecule has 136 valence electrons.